The molecule has 0 radical (unpaired) electrons. The van der Waals surface area contributed by atoms with Gasteiger partial charge in [0, 0.05) is 12.2 Å². The lowest BCUT2D eigenvalue weighted by atomic mass is 9.83. The van der Waals surface area contributed by atoms with Crippen LogP contribution in [0.1, 0.15) is 18.4 Å². The van der Waals surface area contributed by atoms with Crippen molar-refractivity contribution in [2.45, 2.75) is 19.3 Å². The largest absolute Gasteiger partial charge is 0.399 e. The number of hydrogen-bond acceptors (Lipinski definition) is 2. The van der Waals surface area contributed by atoms with Crippen molar-refractivity contribution in [1.29, 1.82) is 0 Å². The molecule has 1 aromatic carbocycles. The van der Waals surface area contributed by atoms with Crippen LogP contribution in [0.15, 0.2) is 35.9 Å². The summed E-state index contributed by atoms with van der Waals surface area (Å²) in [6, 6.07) is 8.25. The van der Waals surface area contributed by atoms with Crippen LogP contribution in [0.3, 0.4) is 0 Å². The number of allylic oxidation sites excluding steroid dienone is 1. The SMILES string of the molecule is Cl.Cl.Nc1ccc(C/C=C2\CN3CCC2CC3)cc1. The minimum Gasteiger partial charge on any atom is -0.399 e. The number of benzene rings is 1. The number of hydrogen-bond donors (Lipinski definition) is 1. The van der Waals surface area contributed by atoms with Crippen LogP contribution in [0.2, 0.25) is 0 Å². The Bertz CT molecular complexity index is 420. The van der Waals surface area contributed by atoms with Gasteiger partial charge < -0.3 is 5.73 Å². The molecule has 0 unspecified atom stereocenters. The normalized spacial score (nSPS) is 26.6. The second kappa shape index (κ2) is 7.18. The van der Waals surface area contributed by atoms with Crippen LogP contribution in [-0.2, 0) is 6.42 Å². The number of nitrogens with two attached hydrogens (primary N) is 1. The van der Waals surface area contributed by atoms with E-state index in [1.54, 1.807) is 5.57 Å². The van der Waals surface area contributed by atoms with Gasteiger partial charge in [-0.3, -0.25) is 4.90 Å². The summed E-state index contributed by atoms with van der Waals surface area (Å²) in [6.07, 6.45) is 6.24. The lowest BCUT2D eigenvalue weighted by Gasteiger charge is -2.41. The molecule has 3 heterocycles. The second-order valence-corrected chi connectivity index (χ2v) is 5.28. The van der Waals surface area contributed by atoms with E-state index in [0.29, 0.717) is 0 Å². The third-order valence-electron chi connectivity index (χ3n) is 4.10. The Morgan fingerprint density at radius 1 is 1.11 bits per heavy atom. The van der Waals surface area contributed by atoms with Crippen LogP contribution in [0, 0.1) is 5.92 Å². The van der Waals surface area contributed by atoms with E-state index in [9.17, 15) is 0 Å². The fraction of sp³-hybridized carbons (Fsp3) is 0.467. The van der Waals surface area contributed by atoms with Crippen LogP contribution in [0.25, 0.3) is 0 Å². The predicted octanol–water partition coefficient (Wildman–Crippen LogP) is 3.31. The van der Waals surface area contributed by atoms with Crippen LogP contribution >= 0.6 is 24.8 Å². The Morgan fingerprint density at radius 2 is 1.74 bits per heavy atom. The number of nitrogen functional groups attached to an aromatic ring is 1. The van der Waals surface area contributed by atoms with Gasteiger partial charge in [0.2, 0.25) is 0 Å². The minimum atomic E-state index is 0. The quantitative estimate of drug-likeness (QED) is 0.671. The average Bonchev–Trinajstić information content (AvgIpc) is 2.39. The minimum absolute atomic E-state index is 0. The lowest BCUT2D eigenvalue weighted by Crippen LogP contribution is -2.43. The summed E-state index contributed by atoms with van der Waals surface area (Å²) >= 11 is 0. The van der Waals surface area contributed by atoms with Gasteiger partial charge in [0.05, 0.1) is 0 Å². The van der Waals surface area contributed by atoms with Crippen LogP contribution in [0.5, 0.6) is 0 Å². The van der Waals surface area contributed by atoms with Gasteiger partial charge in [-0.05, 0) is 56.0 Å². The monoisotopic (exact) mass is 300 g/mol. The molecule has 0 aliphatic carbocycles. The molecule has 3 aliphatic rings. The van der Waals surface area contributed by atoms with E-state index in [4.69, 9.17) is 5.73 Å². The topological polar surface area (TPSA) is 29.3 Å². The van der Waals surface area contributed by atoms with Crippen molar-refractivity contribution >= 4 is 30.5 Å². The molecule has 0 aromatic heterocycles. The zero-order chi connectivity index (χ0) is 11.7. The van der Waals surface area contributed by atoms with Crippen molar-refractivity contribution in [3.63, 3.8) is 0 Å². The van der Waals surface area contributed by atoms with Gasteiger partial charge in [-0.25, -0.2) is 0 Å². The number of fused-ring (bicyclic) bond motifs is 3. The highest BCUT2D eigenvalue weighted by Gasteiger charge is 2.28. The van der Waals surface area contributed by atoms with Crippen molar-refractivity contribution in [2.24, 2.45) is 5.92 Å². The Hall–Kier alpha value is -0.700. The molecule has 2 N–H and O–H groups in total. The van der Waals surface area contributed by atoms with E-state index in [1.165, 1.54) is 38.0 Å². The van der Waals surface area contributed by atoms with Gasteiger partial charge in [-0.2, -0.15) is 0 Å². The number of nitrogens with zero attached hydrogens (tertiary/aromatic N) is 1. The molecule has 0 amide bonds. The number of rotatable bonds is 2. The molecule has 2 nitrogen and oxygen atoms in total. The molecule has 4 heteroatoms. The van der Waals surface area contributed by atoms with Crippen molar-refractivity contribution in [3.8, 4) is 0 Å². The van der Waals surface area contributed by atoms with Gasteiger partial charge in [0.15, 0.2) is 0 Å². The van der Waals surface area contributed by atoms with Crippen molar-refractivity contribution in [3.05, 3.63) is 41.5 Å². The van der Waals surface area contributed by atoms with Crippen LogP contribution in [-0.4, -0.2) is 24.5 Å². The first-order valence-electron chi connectivity index (χ1n) is 6.57. The molecule has 0 spiro atoms. The summed E-state index contributed by atoms with van der Waals surface area (Å²) in [4.78, 5) is 2.58. The Balaban J connectivity index is 0.000000902. The maximum absolute atomic E-state index is 5.69. The molecule has 0 saturated carbocycles. The van der Waals surface area contributed by atoms with Crippen molar-refractivity contribution in [1.82, 2.24) is 4.90 Å². The highest BCUT2D eigenvalue weighted by Crippen LogP contribution is 2.31. The number of piperidine rings is 3. The zero-order valence-corrected chi connectivity index (χ0v) is 12.7. The molecule has 3 aliphatic heterocycles. The first kappa shape index (κ1) is 16.4. The summed E-state index contributed by atoms with van der Waals surface area (Å²) in [7, 11) is 0. The van der Waals surface area contributed by atoms with E-state index >= 15 is 0 Å². The van der Waals surface area contributed by atoms with Gasteiger partial charge in [0.1, 0.15) is 0 Å². The summed E-state index contributed by atoms with van der Waals surface area (Å²) in [6.45, 7) is 3.83. The second-order valence-electron chi connectivity index (χ2n) is 5.28. The third-order valence-corrected chi connectivity index (χ3v) is 4.10. The lowest BCUT2D eigenvalue weighted by molar-refractivity contribution is 0.161. The molecule has 4 rings (SSSR count). The highest BCUT2D eigenvalue weighted by atomic mass is 35.5. The Kier molecular flexibility index (Phi) is 6.18. The van der Waals surface area contributed by atoms with Gasteiger partial charge in [-0.15, -0.1) is 24.8 Å². The van der Waals surface area contributed by atoms with Gasteiger partial charge in [-0.1, -0.05) is 23.8 Å². The first-order valence-corrected chi connectivity index (χ1v) is 6.57. The van der Waals surface area contributed by atoms with E-state index in [-0.39, 0.29) is 24.8 Å². The molecule has 3 saturated heterocycles. The summed E-state index contributed by atoms with van der Waals surface area (Å²) in [5.74, 6) is 0.869. The zero-order valence-electron chi connectivity index (χ0n) is 11.0. The molecule has 106 valence electrons. The van der Waals surface area contributed by atoms with E-state index in [2.05, 4.69) is 23.1 Å². The van der Waals surface area contributed by atoms with E-state index in [0.717, 1.165) is 18.0 Å². The maximum atomic E-state index is 5.69. The number of halogens is 2. The highest BCUT2D eigenvalue weighted by molar-refractivity contribution is 5.85. The Labute approximate surface area is 127 Å². The third kappa shape index (κ3) is 3.88. The maximum Gasteiger partial charge on any atom is 0.0314 e. The molecule has 3 fully saturated rings. The first-order chi connectivity index (χ1) is 8.31. The van der Waals surface area contributed by atoms with E-state index < -0.39 is 0 Å². The summed E-state index contributed by atoms with van der Waals surface area (Å²) in [5, 5.41) is 0. The fourth-order valence-corrected chi connectivity index (χ4v) is 2.98. The van der Waals surface area contributed by atoms with Crippen molar-refractivity contribution in [2.75, 3.05) is 25.4 Å². The van der Waals surface area contributed by atoms with Crippen LogP contribution < -0.4 is 5.73 Å². The molecule has 1 aromatic rings. The molecule has 19 heavy (non-hydrogen) atoms. The standard InChI is InChI=1S/C15H20N2.2ClH/c16-15-5-2-12(3-6-15)1-4-14-11-17-9-7-13(14)8-10-17;;/h2-6,13H,1,7-11,16H2;2*1H/b14-4+;;. The summed E-state index contributed by atoms with van der Waals surface area (Å²) in [5.41, 5.74) is 9.57. The molecular weight excluding hydrogens is 279 g/mol. The van der Waals surface area contributed by atoms with Gasteiger partial charge in [0.25, 0.3) is 0 Å². The van der Waals surface area contributed by atoms with E-state index in [1.807, 2.05) is 12.1 Å². The molecule has 2 bridgehead atoms. The number of anilines is 1. The van der Waals surface area contributed by atoms with Crippen molar-refractivity contribution < 1.29 is 0 Å². The average molecular weight is 301 g/mol. The van der Waals surface area contributed by atoms with Crippen LogP contribution in [0.4, 0.5) is 5.69 Å². The molecular formula is C15H22Cl2N2. The smallest absolute Gasteiger partial charge is 0.0314 e. The Morgan fingerprint density at radius 3 is 2.26 bits per heavy atom. The molecule has 0 atom stereocenters. The fourth-order valence-electron chi connectivity index (χ4n) is 2.98. The van der Waals surface area contributed by atoms with Gasteiger partial charge >= 0.3 is 0 Å². The summed E-state index contributed by atoms with van der Waals surface area (Å²) < 4.78 is 0. The predicted molar refractivity (Wildman–Crippen MR) is 86.3 cm³/mol.